The molecule has 0 radical (unpaired) electrons. The molecule has 0 bridgehead atoms. The highest BCUT2D eigenvalue weighted by atomic mass is 16.3. The maximum Gasteiger partial charge on any atom is 0.135 e. The average Bonchev–Trinajstić information content (AvgIpc) is 4.10. The molecule has 334 valence electrons. The molecular weight excluding hydrogens is 853 g/mol. The number of fused-ring (bicyclic) bond motifs is 12. The summed E-state index contributed by atoms with van der Waals surface area (Å²) in [5.41, 5.74) is 25.6. The first-order valence-electron chi connectivity index (χ1n) is 24.3. The fraction of sp³-hybridized carbons (Fsp3) is 0.0909. The Morgan fingerprint density at radius 3 is 1.01 bits per heavy atom. The minimum absolute atomic E-state index is 0.869. The quantitative estimate of drug-likeness (QED) is 0.173. The Morgan fingerprint density at radius 1 is 0.271 bits per heavy atom. The number of aryl methyl sites for hydroxylation is 6. The predicted molar refractivity (Wildman–Crippen MR) is 294 cm³/mol. The summed E-state index contributed by atoms with van der Waals surface area (Å²) in [6.07, 6.45) is 0. The van der Waals surface area contributed by atoms with Crippen molar-refractivity contribution in [3.05, 3.63) is 215 Å². The molecule has 4 nitrogen and oxygen atoms in total. The molecule has 0 unspecified atom stereocenters. The van der Waals surface area contributed by atoms with Crippen LogP contribution in [0.3, 0.4) is 0 Å². The van der Waals surface area contributed by atoms with Crippen molar-refractivity contribution in [1.29, 1.82) is 0 Å². The van der Waals surface area contributed by atoms with E-state index < -0.39 is 0 Å². The highest BCUT2D eigenvalue weighted by Crippen LogP contribution is 2.42. The van der Waals surface area contributed by atoms with Crippen LogP contribution in [-0.2, 0) is 0 Å². The Kier molecular flexibility index (Phi) is 8.64. The van der Waals surface area contributed by atoms with Gasteiger partial charge in [0.05, 0.1) is 22.1 Å². The van der Waals surface area contributed by atoms with Gasteiger partial charge in [0.2, 0.25) is 0 Å². The Labute approximate surface area is 405 Å². The third-order valence-electron chi connectivity index (χ3n) is 15.0. The van der Waals surface area contributed by atoms with Gasteiger partial charge >= 0.3 is 0 Å². The van der Waals surface area contributed by atoms with Gasteiger partial charge in [0.1, 0.15) is 22.3 Å². The summed E-state index contributed by atoms with van der Waals surface area (Å²) >= 11 is 0. The van der Waals surface area contributed by atoms with Gasteiger partial charge in [-0.3, -0.25) is 0 Å². The van der Waals surface area contributed by atoms with Crippen molar-refractivity contribution in [1.82, 2.24) is 9.13 Å². The summed E-state index contributed by atoms with van der Waals surface area (Å²) in [5.74, 6) is 0. The number of aromatic nitrogens is 2. The first-order chi connectivity index (χ1) is 34.1. The van der Waals surface area contributed by atoms with E-state index in [0.29, 0.717) is 0 Å². The van der Waals surface area contributed by atoms with Crippen molar-refractivity contribution in [2.45, 2.75) is 41.5 Å². The SMILES string of the molecule is Cc1cc(C)c(-c2ccc3c(c2)c2ccccc2n3-c2ccc3oc4ccc(-c5ccc6oc7ccc(-n8c9ccccc9c9cc(-c%10c(C)cc(C)cc%10C)ccc98)cc7c6c5)cc4c3c2)c(C)c1. The van der Waals surface area contributed by atoms with Crippen LogP contribution in [0.5, 0.6) is 0 Å². The number of hydrogen-bond donors (Lipinski definition) is 0. The van der Waals surface area contributed by atoms with Gasteiger partial charge in [0, 0.05) is 54.5 Å². The minimum Gasteiger partial charge on any atom is -0.456 e. The molecule has 4 heteroatoms. The predicted octanol–water partition coefficient (Wildman–Crippen LogP) is 18.5. The van der Waals surface area contributed by atoms with Gasteiger partial charge in [-0.15, -0.1) is 0 Å². The third kappa shape index (κ3) is 6.02. The number of rotatable bonds is 5. The second kappa shape index (κ2) is 14.9. The lowest BCUT2D eigenvalue weighted by atomic mass is 9.93. The highest BCUT2D eigenvalue weighted by molar-refractivity contribution is 6.14. The molecule has 10 aromatic carbocycles. The molecule has 4 heterocycles. The molecule has 0 atom stereocenters. The Balaban J connectivity index is 0.872. The third-order valence-corrected chi connectivity index (χ3v) is 15.0. The molecule has 0 saturated heterocycles. The molecule has 0 amide bonds. The smallest absolute Gasteiger partial charge is 0.135 e. The molecule has 0 spiro atoms. The second-order valence-corrected chi connectivity index (χ2v) is 19.7. The van der Waals surface area contributed by atoms with Gasteiger partial charge < -0.3 is 18.0 Å². The van der Waals surface area contributed by atoms with Crippen molar-refractivity contribution < 1.29 is 8.83 Å². The van der Waals surface area contributed by atoms with Gasteiger partial charge in [0.25, 0.3) is 0 Å². The molecule has 14 aromatic rings. The van der Waals surface area contributed by atoms with Gasteiger partial charge in [-0.05, 0) is 194 Å². The van der Waals surface area contributed by atoms with E-state index in [1.807, 2.05) is 0 Å². The van der Waals surface area contributed by atoms with Crippen LogP contribution in [0.15, 0.2) is 191 Å². The number of hydrogen-bond acceptors (Lipinski definition) is 2. The van der Waals surface area contributed by atoms with E-state index in [1.165, 1.54) is 99.2 Å². The monoisotopic (exact) mass is 900 g/mol. The second-order valence-electron chi connectivity index (χ2n) is 19.7. The van der Waals surface area contributed by atoms with Gasteiger partial charge in [-0.25, -0.2) is 0 Å². The van der Waals surface area contributed by atoms with Crippen molar-refractivity contribution >= 4 is 87.5 Å². The number of nitrogens with zero attached hydrogens (tertiary/aromatic N) is 2. The van der Waals surface area contributed by atoms with E-state index in [-0.39, 0.29) is 0 Å². The van der Waals surface area contributed by atoms with Crippen LogP contribution < -0.4 is 0 Å². The fourth-order valence-corrected chi connectivity index (χ4v) is 12.3. The standard InChI is InChI=1S/C66H48N2O2/c1-37-27-39(3)65(40(4)28-37)45-15-21-59-51(33-45)49-11-7-9-13-57(49)67(59)47-19-25-63-55(35-47)53-31-43(17-23-61(53)69-63)44-18-24-62-54(32-44)56-36-48(20-26-64(56)70-62)68-58-14-10-8-12-50(58)52-34-46(16-22-60(52)68)66-41(5)29-38(2)30-42(66)6/h7-36H,1-6H3. The molecule has 0 aliphatic carbocycles. The number of para-hydroxylation sites is 2. The fourth-order valence-electron chi connectivity index (χ4n) is 12.3. The topological polar surface area (TPSA) is 36.1 Å². The zero-order valence-corrected chi connectivity index (χ0v) is 40.0. The average molecular weight is 901 g/mol. The van der Waals surface area contributed by atoms with Crippen molar-refractivity contribution in [3.8, 4) is 44.8 Å². The molecule has 0 aliphatic heterocycles. The normalized spacial score (nSPS) is 12.1. The first kappa shape index (κ1) is 40.5. The molecule has 0 fully saturated rings. The summed E-state index contributed by atoms with van der Waals surface area (Å²) in [6.45, 7) is 13.2. The highest BCUT2D eigenvalue weighted by Gasteiger charge is 2.20. The van der Waals surface area contributed by atoms with Gasteiger partial charge in [-0.1, -0.05) is 96.1 Å². The van der Waals surface area contributed by atoms with Crippen LogP contribution in [-0.4, -0.2) is 9.13 Å². The van der Waals surface area contributed by atoms with Gasteiger partial charge in [0.15, 0.2) is 0 Å². The maximum absolute atomic E-state index is 6.53. The van der Waals surface area contributed by atoms with Crippen LogP contribution in [0.25, 0.3) is 132 Å². The maximum atomic E-state index is 6.53. The zero-order valence-electron chi connectivity index (χ0n) is 40.0. The lowest BCUT2D eigenvalue weighted by Gasteiger charge is -2.13. The molecule has 0 aliphatic rings. The van der Waals surface area contributed by atoms with Gasteiger partial charge in [-0.2, -0.15) is 0 Å². The zero-order chi connectivity index (χ0) is 47.1. The number of benzene rings is 10. The molecule has 0 N–H and O–H groups in total. The summed E-state index contributed by atoms with van der Waals surface area (Å²) in [4.78, 5) is 0. The Morgan fingerprint density at radius 2 is 0.600 bits per heavy atom. The van der Waals surface area contributed by atoms with Crippen LogP contribution >= 0.6 is 0 Å². The van der Waals surface area contributed by atoms with Crippen LogP contribution in [0.1, 0.15) is 33.4 Å². The van der Waals surface area contributed by atoms with E-state index >= 15 is 0 Å². The lowest BCUT2D eigenvalue weighted by molar-refractivity contribution is 0.668. The molecule has 14 rings (SSSR count). The summed E-state index contributed by atoms with van der Waals surface area (Å²) < 4.78 is 17.9. The molecule has 70 heavy (non-hydrogen) atoms. The lowest BCUT2D eigenvalue weighted by Crippen LogP contribution is -1.94. The Bertz CT molecular complexity index is 4210. The number of furan rings is 2. The van der Waals surface area contributed by atoms with Crippen LogP contribution in [0.4, 0.5) is 0 Å². The van der Waals surface area contributed by atoms with Crippen LogP contribution in [0, 0.1) is 41.5 Å². The van der Waals surface area contributed by atoms with E-state index in [9.17, 15) is 0 Å². The van der Waals surface area contributed by atoms with E-state index in [4.69, 9.17) is 8.83 Å². The Hall–Kier alpha value is -8.60. The van der Waals surface area contributed by atoms with Crippen molar-refractivity contribution in [3.63, 3.8) is 0 Å². The first-order valence-corrected chi connectivity index (χ1v) is 24.3. The van der Waals surface area contributed by atoms with Crippen molar-refractivity contribution in [2.75, 3.05) is 0 Å². The van der Waals surface area contributed by atoms with E-state index in [1.54, 1.807) is 0 Å². The largest absolute Gasteiger partial charge is 0.456 e. The molecular formula is C66H48N2O2. The minimum atomic E-state index is 0.869. The summed E-state index contributed by atoms with van der Waals surface area (Å²) in [7, 11) is 0. The van der Waals surface area contributed by atoms with E-state index in [0.717, 1.165) is 66.4 Å². The molecule has 0 saturated carbocycles. The summed E-state index contributed by atoms with van der Waals surface area (Å²) in [5, 5.41) is 9.32. The molecule has 4 aromatic heterocycles. The van der Waals surface area contributed by atoms with Crippen LogP contribution in [0.2, 0.25) is 0 Å². The van der Waals surface area contributed by atoms with Crippen molar-refractivity contribution in [2.24, 2.45) is 0 Å². The summed E-state index contributed by atoms with van der Waals surface area (Å²) in [6, 6.07) is 67.0. The van der Waals surface area contributed by atoms with E-state index in [2.05, 4.69) is 233 Å².